The van der Waals surface area contributed by atoms with Gasteiger partial charge in [0.1, 0.15) is 4.90 Å². The molecule has 1 N–H and O–H groups in total. The number of sulfonamides is 1. The molecule has 21 heavy (non-hydrogen) atoms. The van der Waals surface area contributed by atoms with E-state index in [2.05, 4.69) is 24.1 Å². The molecule has 118 valence electrons. The molecule has 2 heterocycles. The Kier molecular flexibility index (Phi) is 4.88. The second kappa shape index (κ2) is 6.32. The van der Waals surface area contributed by atoms with E-state index < -0.39 is 10.0 Å². The van der Waals surface area contributed by atoms with E-state index in [9.17, 15) is 8.42 Å². The summed E-state index contributed by atoms with van der Waals surface area (Å²) in [5.74, 6) is 0. The van der Waals surface area contributed by atoms with Crippen LogP contribution in [0.1, 0.15) is 40.0 Å². The van der Waals surface area contributed by atoms with Crippen molar-refractivity contribution in [2.45, 2.75) is 44.9 Å². The van der Waals surface area contributed by atoms with Gasteiger partial charge in [-0.3, -0.25) is 4.98 Å². The molecule has 0 amide bonds. The highest BCUT2D eigenvalue weighted by atomic mass is 32.2. The highest BCUT2D eigenvalue weighted by Gasteiger charge is 2.35. The zero-order valence-corrected chi connectivity index (χ0v) is 13.9. The number of hydrogen-bond acceptors (Lipinski definition) is 4. The smallest absolute Gasteiger partial charge is 0.246 e. The third kappa shape index (κ3) is 3.37. The molecule has 0 spiro atoms. The Morgan fingerprint density at radius 3 is 2.57 bits per heavy atom. The number of anilines is 1. The van der Waals surface area contributed by atoms with Crippen LogP contribution in [0.5, 0.6) is 0 Å². The lowest BCUT2D eigenvalue weighted by atomic mass is 9.79. The van der Waals surface area contributed by atoms with Gasteiger partial charge in [-0.15, -0.1) is 0 Å². The Morgan fingerprint density at radius 2 is 2.00 bits per heavy atom. The Hall–Kier alpha value is -1.14. The maximum atomic E-state index is 12.8. The maximum Gasteiger partial charge on any atom is 0.246 e. The summed E-state index contributed by atoms with van der Waals surface area (Å²) in [6.07, 6.45) is 5.98. The number of piperidine rings is 1. The van der Waals surface area contributed by atoms with Crippen molar-refractivity contribution in [1.82, 2.24) is 9.29 Å². The van der Waals surface area contributed by atoms with Crippen molar-refractivity contribution >= 4 is 15.7 Å². The van der Waals surface area contributed by atoms with Crippen molar-refractivity contribution in [3.8, 4) is 0 Å². The van der Waals surface area contributed by atoms with Gasteiger partial charge in [0.25, 0.3) is 0 Å². The highest BCUT2D eigenvalue weighted by Crippen LogP contribution is 2.36. The summed E-state index contributed by atoms with van der Waals surface area (Å²) >= 11 is 0. The zero-order chi connectivity index (χ0) is 15.5. The van der Waals surface area contributed by atoms with Crippen molar-refractivity contribution < 1.29 is 8.42 Å². The molecule has 1 aliphatic heterocycles. The summed E-state index contributed by atoms with van der Waals surface area (Å²) in [4.78, 5) is 4.27. The molecule has 0 bridgehead atoms. The number of nitrogens with one attached hydrogen (secondary N) is 1. The van der Waals surface area contributed by atoms with Crippen LogP contribution in [0.4, 0.5) is 5.69 Å². The average molecular weight is 311 g/mol. The van der Waals surface area contributed by atoms with Crippen LogP contribution in [0.25, 0.3) is 0 Å². The molecule has 1 aromatic heterocycles. The minimum absolute atomic E-state index is 0.269. The molecule has 1 saturated heterocycles. The number of pyridine rings is 1. The number of hydrogen-bond donors (Lipinski definition) is 1. The molecular formula is C15H25N3O2S. The van der Waals surface area contributed by atoms with Crippen molar-refractivity contribution in [1.29, 1.82) is 0 Å². The third-order valence-corrected chi connectivity index (χ3v) is 6.48. The third-order valence-electron chi connectivity index (χ3n) is 4.55. The average Bonchev–Trinajstić information content (AvgIpc) is 2.48. The monoisotopic (exact) mass is 311 g/mol. The molecular weight excluding hydrogens is 286 g/mol. The second-order valence-corrected chi connectivity index (χ2v) is 7.88. The van der Waals surface area contributed by atoms with Crippen LogP contribution in [0.2, 0.25) is 0 Å². The van der Waals surface area contributed by atoms with Crippen LogP contribution in [-0.2, 0) is 10.0 Å². The highest BCUT2D eigenvalue weighted by molar-refractivity contribution is 7.89. The lowest BCUT2D eigenvalue weighted by Crippen LogP contribution is -2.42. The summed E-state index contributed by atoms with van der Waals surface area (Å²) in [6, 6.07) is 1.72. The van der Waals surface area contributed by atoms with Gasteiger partial charge in [-0.05, 0) is 31.2 Å². The topological polar surface area (TPSA) is 62.3 Å². The van der Waals surface area contributed by atoms with Crippen molar-refractivity contribution in [3.05, 3.63) is 18.5 Å². The molecule has 1 aliphatic rings. The summed E-state index contributed by atoms with van der Waals surface area (Å²) in [7, 11) is -3.46. The van der Waals surface area contributed by atoms with Crippen LogP contribution in [0.15, 0.2) is 23.4 Å². The quantitative estimate of drug-likeness (QED) is 0.908. The van der Waals surface area contributed by atoms with Gasteiger partial charge in [0.05, 0.1) is 5.69 Å². The summed E-state index contributed by atoms with van der Waals surface area (Å²) in [5.41, 5.74) is 0.905. The van der Waals surface area contributed by atoms with E-state index in [1.54, 1.807) is 16.6 Å². The minimum Gasteiger partial charge on any atom is -0.384 e. The van der Waals surface area contributed by atoms with Gasteiger partial charge in [-0.25, -0.2) is 8.42 Å². The van der Waals surface area contributed by atoms with E-state index in [1.165, 1.54) is 6.20 Å². The fourth-order valence-corrected chi connectivity index (χ4v) is 4.23. The fourth-order valence-electron chi connectivity index (χ4n) is 2.68. The van der Waals surface area contributed by atoms with Crippen molar-refractivity contribution in [2.75, 3.05) is 25.0 Å². The molecule has 1 fully saturated rings. The lowest BCUT2D eigenvalue weighted by Gasteiger charge is -2.38. The number of rotatable bonds is 5. The first-order chi connectivity index (χ1) is 9.93. The van der Waals surface area contributed by atoms with Crippen LogP contribution >= 0.6 is 0 Å². The molecule has 5 nitrogen and oxygen atoms in total. The Morgan fingerprint density at radius 1 is 1.33 bits per heavy atom. The molecule has 0 atom stereocenters. The van der Waals surface area contributed by atoms with E-state index in [4.69, 9.17) is 0 Å². The van der Waals surface area contributed by atoms with Gasteiger partial charge < -0.3 is 5.32 Å². The lowest BCUT2D eigenvalue weighted by molar-refractivity contribution is 0.169. The van der Waals surface area contributed by atoms with Gasteiger partial charge in [0, 0.05) is 32.0 Å². The van der Waals surface area contributed by atoms with Crippen LogP contribution in [-0.4, -0.2) is 37.3 Å². The van der Waals surface area contributed by atoms with Crippen molar-refractivity contribution in [2.24, 2.45) is 5.41 Å². The van der Waals surface area contributed by atoms with E-state index in [0.29, 0.717) is 25.3 Å². The fraction of sp³-hybridized carbons (Fsp3) is 0.667. The first-order valence-electron chi connectivity index (χ1n) is 7.61. The van der Waals surface area contributed by atoms with Crippen molar-refractivity contribution in [3.63, 3.8) is 0 Å². The van der Waals surface area contributed by atoms with E-state index in [1.807, 2.05) is 6.92 Å². The summed E-state index contributed by atoms with van der Waals surface area (Å²) in [6.45, 7) is 8.23. The van der Waals surface area contributed by atoms with E-state index >= 15 is 0 Å². The molecule has 1 aromatic rings. The SMILES string of the molecule is CCNc1ccncc1S(=O)(=O)N1CCC(C)(CC)CC1. The standard InChI is InChI=1S/C15H25N3O2S/c1-4-15(3)7-10-18(11-8-15)21(19,20)14-12-16-9-6-13(14)17-5-2/h6,9,12H,4-5,7-8,10-11H2,1-3H3,(H,16,17). The van der Waals surface area contributed by atoms with Gasteiger partial charge in [-0.2, -0.15) is 4.31 Å². The zero-order valence-electron chi connectivity index (χ0n) is 13.1. The number of nitrogens with zero attached hydrogens (tertiary/aromatic N) is 2. The van der Waals surface area contributed by atoms with E-state index in [-0.39, 0.29) is 10.3 Å². The first kappa shape index (κ1) is 16.2. The molecule has 0 aromatic carbocycles. The Bertz CT molecular complexity index is 578. The molecule has 0 aliphatic carbocycles. The molecule has 0 unspecified atom stereocenters. The van der Waals surface area contributed by atoms with E-state index in [0.717, 1.165) is 19.3 Å². The predicted octanol–water partition coefficient (Wildman–Crippen LogP) is 2.71. The van der Waals surface area contributed by atoms with Gasteiger partial charge in [0.15, 0.2) is 0 Å². The second-order valence-electron chi connectivity index (χ2n) is 5.97. The normalized spacial score (nSPS) is 19.4. The van der Waals surface area contributed by atoms with Gasteiger partial charge in [0.2, 0.25) is 10.0 Å². The molecule has 0 radical (unpaired) electrons. The largest absolute Gasteiger partial charge is 0.384 e. The summed E-state index contributed by atoms with van der Waals surface area (Å²) in [5, 5.41) is 3.10. The minimum atomic E-state index is -3.46. The van der Waals surface area contributed by atoms with Gasteiger partial charge >= 0.3 is 0 Å². The molecule has 2 rings (SSSR count). The van der Waals surface area contributed by atoms with Crippen LogP contribution in [0, 0.1) is 5.41 Å². The Balaban J connectivity index is 2.24. The predicted molar refractivity (Wildman–Crippen MR) is 84.8 cm³/mol. The maximum absolute atomic E-state index is 12.8. The van der Waals surface area contributed by atoms with Crippen LogP contribution < -0.4 is 5.32 Å². The van der Waals surface area contributed by atoms with Crippen LogP contribution in [0.3, 0.4) is 0 Å². The first-order valence-corrected chi connectivity index (χ1v) is 9.05. The molecule has 6 heteroatoms. The van der Waals surface area contributed by atoms with Gasteiger partial charge in [-0.1, -0.05) is 20.3 Å². The Labute approximate surface area is 127 Å². The number of aromatic nitrogens is 1. The summed E-state index contributed by atoms with van der Waals surface area (Å²) < 4.78 is 27.3. The molecule has 0 saturated carbocycles.